The van der Waals surface area contributed by atoms with Crippen LogP contribution in [-0.2, 0) is 0 Å². The average molecular weight is 289 g/mol. The van der Waals surface area contributed by atoms with E-state index in [0.717, 1.165) is 23.5 Å². The summed E-state index contributed by atoms with van der Waals surface area (Å²) in [5, 5.41) is 3.75. The molecule has 0 radical (unpaired) electrons. The molecule has 21 heavy (non-hydrogen) atoms. The number of rotatable bonds is 3. The van der Waals surface area contributed by atoms with Crippen molar-refractivity contribution in [3.63, 3.8) is 0 Å². The van der Waals surface area contributed by atoms with E-state index >= 15 is 0 Å². The van der Waals surface area contributed by atoms with E-state index in [4.69, 9.17) is 4.98 Å². The van der Waals surface area contributed by atoms with Gasteiger partial charge in [0.2, 0.25) is 5.95 Å². The number of imidazole rings is 1. The maximum Gasteiger partial charge on any atom is 0.203 e. The average Bonchev–Trinajstić information content (AvgIpc) is 2.83. The highest BCUT2D eigenvalue weighted by Gasteiger charge is 2.30. The molecule has 2 fully saturated rings. The fraction of sp³-hybridized carbons (Fsp3) is 0.833. The lowest BCUT2D eigenvalue weighted by Gasteiger charge is -2.36. The fourth-order valence-electron chi connectivity index (χ4n) is 4.25. The fourth-order valence-corrected chi connectivity index (χ4v) is 4.25. The molecule has 118 valence electrons. The summed E-state index contributed by atoms with van der Waals surface area (Å²) in [6, 6.07) is 1.26. The van der Waals surface area contributed by atoms with Crippen LogP contribution < -0.4 is 5.32 Å². The summed E-state index contributed by atoms with van der Waals surface area (Å²) in [6.45, 7) is 6.96. The molecule has 2 saturated carbocycles. The first-order valence-electron chi connectivity index (χ1n) is 8.97. The molecule has 2 aliphatic carbocycles. The van der Waals surface area contributed by atoms with Gasteiger partial charge < -0.3 is 9.88 Å². The third-order valence-electron chi connectivity index (χ3n) is 5.81. The molecular formula is C18H31N3. The summed E-state index contributed by atoms with van der Waals surface area (Å²) in [5.41, 5.74) is 1.15. The predicted molar refractivity (Wildman–Crippen MR) is 88.7 cm³/mol. The number of hydrogen-bond donors (Lipinski definition) is 1. The van der Waals surface area contributed by atoms with Crippen molar-refractivity contribution >= 4 is 5.95 Å². The van der Waals surface area contributed by atoms with Crippen LogP contribution in [0.3, 0.4) is 0 Å². The molecule has 3 nitrogen and oxygen atoms in total. The second kappa shape index (κ2) is 6.41. The molecule has 0 saturated heterocycles. The molecule has 3 unspecified atom stereocenters. The van der Waals surface area contributed by atoms with Crippen LogP contribution in [0.25, 0.3) is 0 Å². The van der Waals surface area contributed by atoms with Gasteiger partial charge in [-0.3, -0.25) is 0 Å². The molecule has 0 aliphatic heterocycles. The van der Waals surface area contributed by atoms with E-state index in [1.165, 1.54) is 51.4 Å². The van der Waals surface area contributed by atoms with Crippen molar-refractivity contribution in [1.82, 2.24) is 9.55 Å². The van der Waals surface area contributed by atoms with Gasteiger partial charge in [-0.15, -0.1) is 0 Å². The lowest BCUT2D eigenvalue weighted by molar-refractivity contribution is 0.187. The molecule has 0 spiro atoms. The molecule has 0 bridgehead atoms. The van der Waals surface area contributed by atoms with Gasteiger partial charge in [-0.2, -0.15) is 0 Å². The van der Waals surface area contributed by atoms with Crippen molar-refractivity contribution in [3.8, 4) is 0 Å². The van der Waals surface area contributed by atoms with E-state index in [0.29, 0.717) is 12.1 Å². The normalized spacial score (nSPS) is 31.3. The van der Waals surface area contributed by atoms with E-state index in [9.17, 15) is 0 Å². The number of aromatic nitrogens is 2. The van der Waals surface area contributed by atoms with Gasteiger partial charge in [0.05, 0.1) is 5.69 Å². The van der Waals surface area contributed by atoms with Crippen LogP contribution in [0.2, 0.25) is 0 Å². The smallest absolute Gasteiger partial charge is 0.203 e. The third kappa shape index (κ3) is 3.27. The largest absolute Gasteiger partial charge is 0.353 e. The summed E-state index contributed by atoms with van der Waals surface area (Å²) >= 11 is 0. The summed E-state index contributed by atoms with van der Waals surface area (Å²) in [4.78, 5) is 4.79. The second-order valence-corrected chi connectivity index (χ2v) is 7.43. The van der Waals surface area contributed by atoms with Crippen LogP contribution >= 0.6 is 0 Å². The van der Waals surface area contributed by atoms with E-state index in [-0.39, 0.29) is 0 Å². The van der Waals surface area contributed by atoms with Crippen LogP contribution in [0.15, 0.2) is 6.20 Å². The standard InChI is InChI=1S/C18H31N3/c1-13-8-7-11-17(15(13)3)21-12-14(2)19-18(21)20-16-9-5-4-6-10-16/h12-13,15-17H,4-11H2,1-3H3,(H,19,20). The highest BCUT2D eigenvalue weighted by molar-refractivity contribution is 5.31. The molecule has 3 heteroatoms. The van der Waals surface area contributed by atoms with E-state index < -0.39 is 0 Å². The lowest BCUT2D eigenvalue weighted by atomic mass is 9.78. The van der Waals surface area contributed by atoms with Crippen molar-refractivity contribution < 1.29 is 0 Å². The van der Waals surface area contributed by atoms with E-state index in [1.807, 2.05) is 0 Å². The predicted octanol–water partition coefficient (Wildman–Crippen LogP) is 4.93. The van der Waals surface area contributed by atoms with Gasteiger partial charge in [-0.05, 0) is 38.0 Å². The van der Waals surface area contributed by atoms with Crippen molar-refractivity contribution in [2.45, 2.75) is 84.2 Å². The zero-order valence-electron chi connectivity index (χ0n) is 13.9. The first-order chi connectivity index (χ1) is 10.1. The Morgan fingerprint density at radius 3 is 2.57 bits per heavy atom. The molecule has 1 N–H and O–H groups in total. The SMILES string of the molecule is Cc1cn(C2CCCC(C)C2C)c(NC2CCCCC2)n1. The maximum atomic E-state index is 4.79. The summed E-state index contributed by atoms with van der Waals surface area (Å²) in [6.07, 6.45) is 13.1. The van der Waals surface area contributed by atoms with Gasteiger partial charge in [-0.1, -0.05) is 46.0 Å². The van der Waals surface area contributed by atoms with Crippen molar-refractivity contribution in [2.24, 2.45) is 11.8 Å². The van der Waals surface area contributed by atoms with Crippen LogP contribution in [-0.4, -0.2) is 15.6 Å². The van der Waals surface area contributed by atoms with Crippen molar-refractivity contribution in [2.75, 3.05) is 5.32 Å². The van der Waals surface area contributed by atoms with Crippen molar-refractivity contribution in [1.29, 1.82) is 0 Å². The van der Waals surface area contributed by atoms with Gasteiger partial charge >= 0.3 is 0 Å². The molecule has 3 atom stereocenters. The quantitative estimate of drug-likeness (QED) is 0.854. The highest BCUT2D eigenvalue weighted by atomic mass is 15.2. The molecule has 0 aromatic carbocycles. The lowest BCUT2D eigenvalue weighted by Crippen LogP contribution is -2.30. The van der Waals surface area contributed by atoms with E-state index in [2.05, 4.69) is 36.9 Å². The van der Waals surface area contributed by atoms with Crippen molar-refractivity contribution in [3.05, 3.63) is 11.9 Å². The Bertz CT molecular complexity index is 459. The van der Waals surface area contributed by atoms with Gasteiger partial charge in [0.25, 0.3) is 0 Å². The molecule has 1 aromatic heterocycles. The monoisotopic (exact) mass is 289 g/mol. The first-order valence-corrected chi connectivity index (χ1v) is 8.97. The Balaban J connectivity index is 1.78. The van der Waals surface area contributed by atoms with Crippen LogP contribution in [0.5, 0.6) is 0 Å². The minimum absolute atomic E-state index is 0.626. The van der Waals surface area contributed by atoms with Crippen LogP contribution in [0, 0.1) is 18.8 Å². The summed E-state index contributed by atoms with van der Waals surface area (Å²) < 4.78 is 2.46. The highest BCUT2D eigenvalue weighted by Crippen LogP contribution is 2.39. The molecule has 2 aliphatic rings. The number of hydrogen-bond acceptors (Lipinski definition) is 2. The second-order valence-electron chi connectivity index (χ2n) is 7.43. The zero-order chi connectivity index (χ0) is 14.8. The maximum absolute atomic E-state index is 4.79. The Hall–Kier alpha value is -0.990. The Morgan fingerprint density at radius 2 is 1.81 bits per heavy atom. The zero-order valence-corrected chi connectivity index (χ0v) is 13.9. The van der Waals surface area contributed by atoms with Crippen LogP contribution in [0.4, 0.5) is 5.95 Å². The molecule has 1 aromatic rings. The summed E-state index contributed by atoms with van der Waals surface area (Å²) in [5.74, 6) is 2.71. The Kier molecular flexibility index (Phi) is 4.56. The minimum Gasteiger partial charge on any atom is -0.353 e. The van der Waals surface area contributed by atoms with Gasteiger partial charge in [0.15, 0.2) is 0 Å². The van der Waals surface area contributed by atoms with Gasteiger partial charge in [0.1, 0.15) is 0 Å². The van der Waals surface area contributed by atoms with Gasteiger partial charge in [-0.25, -0.2) is 4.98 Å². The topological polar surface area (TPSA) is 29.9 Å². The molecule has 1 heterocycles. The molecule has 3 rings (SSSR count). The Morgan fingerprint density at radius 1 is 1.05 bits per heavy atom. The minimum atomic E-state index is 0.626. The van der Waals surface area contributed by atoms with E-state index in [1.54, 1.807) is 0 Å². The van der Waals surface area contributed by atoms with Gasteiger partial charge in [0, 0.05) is 18.3 Å². The summed E-state index contributed by atoms with van der Waals surface area (Å²) in [7, 11) is 0. The first kappa shape index (κ1) is 14.9. The third-order valence-corrected chi connectivity index (χ3v) is 5.81. The number of anilines is 1. The number of nitrogens with zero attached hydrogens (tertiary/aromatic N) is 2. The number of nitrogens with one attached hydrogen (secondary N) is 1. The molecule has 0 amide bonds. The van der Waals surface area contributed by atoms with Crippen LogP contribution in [0.1, 0.15) is 76.9 Å². The Labute approximate surface area is 129 Å². The number of aryl methyl sites for hydroxylation is 1. The molecular weight excluding hydrogens is 258 g/mol.